The number of nitrogens with zero attached hydrogens (tertiary/aromatic N) is 1. The van der Waals surface area contributed by atoms with Crippen molar-refractivity contribution >= 4 is 33.5 Å². The number of aromatic nitrogens is 1. The van der Waals surface area contributed by atoms with Gasteiger partial charge in [0.1, 0.15) is 5.75 Å². The monoisotopic (exact) mass is 353 g/mol. The van der Waals surface area contributed by atoms with Gasteiger partial charge in [-0.3, -0.25) is 4.98 Å². The van der Waals surface area contributed by atoms with Gasteiger partial charge in [0.25, 0.3) is 0 Å². The molecule has 0 amide bonds. The minimum Gasteiger partial charge on any atom is -0.406 e. The van der Waals surface area contributed by atoms with Crippen molar-refractivity contribution in [2.75, 3.05) is 0 Å². The number of hydrogen-bond donors (Lipinski definition) is 0. The molecule has 2 nitrogen and oxygen atoms in total. The average Bonchev–Trinajstić information content (AvgIpc) is 2.26. The van der Waals surface area contributed by atoms with E-state index < -0.39 is 6.36 Å². The fourth-order valence-corrected chi connectivity index (χ4v) is 1.84. The first kappa shape index (κ1) is 12.4. The molecule has 0 aliphatic carbocycles. The number of benzene rings is 1. The molecule has 0 fully saturated rings. The van der Waals surface area contributed by atoms with Gasteiger partial charge < -0.3 is 4.74 Å². The predicted octanol–water partition coefficient (Wildman–Crippen LogP) is 4.07. The summed E-state index contributed by atoms with van der Waals surface area (Å²) in [5.74, 6) is -0.228. The average molecular weight is 353 g/mol. The first-order valence-corrected chi connectivity index (χ1v) is 6.22. The number of ether oxygens (including phenoxy) is 1. The Morgan fingerprint density at radius 3 is 2.59 bits per heavy atom. The van der Waals surface area contributed by atoms with Crippen molar-refractivity contribution in [2.24, 2.45) is 0 Å². The minimum atomic E-state index is -4.66. The fourth-order valence-electron chi connectivity index (χ4n) is 1.42. The van der Waals surface area contributed by atoms with Gasteiger partial charge in [-0.2, -0.15) is 0 Å². The summed E-state index contributed by atoms with van der Waals surface area (Å²) in [5.41, 5.74) is 1.55. The van der Waals surface area contributed by atoms with Gasteiger partial charge >= 0.3 is 6.36 Å². The zero-order valence-corrected chi connectivity index (χ0v) is 10.6. The van der Waals surface area contributed by atoms with E-state index in [0.717, 1.165) is 10.1 Å². The van der Waals surface area contributed by atoms with Gasteiger partial charge in [0.2, 0.25) is 0 Å². The molecule has 0 radical (unpaired) electrons. The van der Waals surface area contributed by atoms with Crippen LogP contribution in [0.25, 0.3) is 10.9 Å². The Balaban J connectivity index is 2.38. The molecule has 1 aromatic heterocycles. The second-order valence-electron chi connectivity index (χ2n) is 3.34. The normalized spacial score (nSPS) is 11.8. The summed E-state index contributed by atoms with van der Waals surface area (Å²) in [6, 6.07) is 7.63. The highest BCUT2D eigenvalue weighted by molar-refractivity contribution is 14.1. The van der Waals surface area contributed by atoms with E-state index in [2.05, 4.69) is 32.3 Å². The summed E-state index contributed by atoms with van der Waals surface area (Å²) in [4.78, 5) is 4.29. The lowest BCUT2D eigenvalue weighted by Gasteiger charge is -2.09. The predicted molar refractivity (Wildman–Crippen MR) is 66.2 cm³/mol. The van der Waals surface area contributed by atoms with E-state index in [9.17, 15) is 13.2 Å². The molecule has 0 aliphatic heterocycles. The minimum absolute atomic E-state index is 0.228. The van der Waals surface area contributed by atoms with Crippen molar-refractivity contribution in [3.8, 4) is 5.75 Å². The molecule has 17 heavy (non-hydrogen) atoms. The summed E-state index contributed by atoms with van der Waals surface area (Å²) in [6.07, 6.45) is -4.66. The van der Waals surface area contributed by atoms with E-state index in [-0.39, 0.29) is 5.75 Å². The molecule has 0 bridgehead atoms. The molecule has 0 aliphatic rings. The highest BCUT2D eigenvalue weighted by Gasteiger charge is 2.31. The Kier molecular flexibility index (Phi) is 3.41. The number of alkyl halides is 4. The number of halogens is 4. The molecule has 0 spiro atoms. The van der Waals surface area contributed by atoms with Crippen molar-refractivity contribution in [1.29, 1.82) is 0 Å². The molecule has 2 rings (SSSR count). The van der Waals surface area contributed by atoms with Crippen LogP contribution in [0, 0.1) is 0 Å². The van der Waals surface area contributed by atoms with Gasteiger partial charge in [-0.15, -0.1) is 13.2 Å². The molecule has 90 valence electrons. The van der Waals surface area contributed by atoms with E-state index >= 15 is 0 Å². The third kappa shape index (κ3) is 3.21. The van der Waals surface area contributed by atoms with Crippen molar-refractivity contribution in [3.63, 3.8) is 0 Å². The molecule has 0 N–H and O–H groups in total. The van der Waals surface area contributed by atoms with Crippen LogP contribution in [0.3, 0.4) is 0 Å². The topological polar surface area (TPSA) is 22.1 Å². The van der Waals surface area contributed by atoms with Crippen molar-refractivity contribution < 1.29 is 17.9 Å². The maximum Gasteiger partial charge on any atom is 0.573 e. The number of hydrogen-bond acceptors (Lipinski definition) is 2. The Hall–Kier alpha value is -1.05. The van der Waals surface area contributed by atoms with E-state index in [4.69, 9.17) is 0 Å². The van der Waals surface area contributed by atoms with Crippen molar-refractivity contribution in [1.82, 2.24) is 4.98 Å². The summed E-state index contributed by atoms with van der Waals surface area (Å²) < 4.78 is 40.7. The SMILES string of the molecule is FC(F)(F)Oc1ccc2nc(CI)ccc2c1. The maximum absolute atomic E-state index is 12.0. The lowest BCUT2D eigenvalue weighted by atomic mass is 10.2. The van der Waals surface area contributed by atoms with Crippen LogP contribution >= 0.6 is 22.6 Å². The van der Waals surface area contributed by atoms with Crippen LogP contribution < -0.4 is 4.74 Å². The third-order valence-electron chi connectivity index (χ3n) is 2.09. The Labute approximate surface area is 109 Å². The zero-order chi connectivity index (χ0) is 12.5. The summed E-state index contributed by atoms with van der Waals surface area (Å²) >= 11 is 2.17. The Morgan fingerprint density at radius 2 is 1.94 bits per heavy atom. The largest absolute Gasteiger partial charge is 0.573 e. The first-order chi connectivity index (χ1) is 7.98. The molecular weight excluding hydrogens is 346 g/mol. The number of pyridine rings is 1. The molecule has 1 heterocycles. The molecule has 0 unspecified atom stereocenters. The van der Waals surface area contributed by atoms with Gasteiger partial charge in [0.05, 0.1) is 11.2 Å². The standard InChI is InChI=1S/C11H7F3INO/c12-11(13,14)17-9-3-4-10-7(5-9)1-2-8(6-15)16-10/h1-5H,6H2. The van der Waals surface area contributed by atoms with Crippen LogP contribution in [0.4, 0.5) is 13.2 Å². The molecule has 6 heteroatoms. The highest BCUT2D eigenvalue weighted by atomic mass is 127. The maximum atomic E-state index is 12.0. The number of rotatable bonds is 2. The lowest BCUT2D eigenvalue weighted by molar-refractivity contribution is -0.274. The second-order valence-corrected chi connectivity index (χ2v) is 4.10. The van der Waals surface area contributed by atoms with Crippen molar-refractivity contribution in [2.45, 2.75) is 10.8 Å². The summed E-state index contributed by atoms with van der Waals surface area (Å²) in [5, 5.41) is 0.625. The van der Waals surface area contributed by atoms with Crippen LogP contribution in [0.5, 0.6) is 5.75 Å². The van der Waals surface area contributed by atoms with E-state index in [0.29, 0.717) is 10.9 Å². The van der Waals surface area contributed by atoms with Crippen LogP contribution in [0.2, 0.25) is 0 Å². The molecule has 0 atom stereocenters. The quantitative estimate of drug-likeness (QED) is 0.600. The summed E-state index contributed by atoms with van der Waals surface area (Å²) in [6.45, 7) is 0. The van der Waals surface area contributed by atoms with Crippen molar-refractivity contribution in [3.05, 3.63) is 36.0 Å². The molecule has 1 aromatic carbocycles. The molecular formula is C11H7F3INO. The summed E-state index contributed by atoms with van der Waals surface area (Å²) in [7, 11) is 0. The van der Waals surface area contributed by atoms with Crippen LogP contribution in [-0.4, -0.2) is 11.3 Å². The van der Waals surface area contributed by atoms with Gasteiger partial charge in [-0.25, -0.2) is 0 Å². The zero-order valence-electron chi connectivity index (χ0n) is 8.46. The van der Waals surface area contributed by atoms with Crippen LogP contribution in [0.15, 0.2) is 30.3 Å². The number of fused-ring (bicyclic) bond motifs is 1. The molecule has 2 aromatic rings. The third-order valence-corrected chi connectivity index (χ3v) is 2.87. The lowest BCUT2D eigenvalue weighted by Crippen LogP contribution is -2.17. The van der Waals surface area contributed by atoms with Gasteiger partial charge in [-0.05, 0) is 24.3 Å². The molecule has 0 saturated heterocycles. The van der Waals surface area contributed by atoms with Crippen LogP contribution in [-0.2, 0) is 4.43 Å². The highest BCUT2D eigenvalue weighted by Crippen LogP contribution is 2.26. The van der Waals surface area contributed by atoms with Crippen LogP contribution in [0.1, 0.15) is 5.69 Å². The second kappa shape index (κ2) is 4.67. The Morgan fingerprint density at radius 1 is 1.18 bits per heavy atom. The van der Waals surface area contributed by atoms with E-state index in [1.807, 2.05) is 0 Å². The van der Waals surface area contributed by atoms with Gasteiger partial charge in [0, 0.05) is 9.81 Å². The van der Waals surface area contributed by atoms with E-state index in [1.165, 1.54) is 18.2 Å². The van der Waals surface area contributed by atoms with Gasteiger partial charge in [0.15, 0.2) is 0 Å². The van der Waals surface area contributed by atoms with E-state index in [1.54, 1.807) is 12.1 Å². The fraction of sp³-hybridized carbons (Fsp3) is 0.182. The molecule has 0 saturated carbocycles. The van der Waals surface area contributed by atoms with Gasteiger partial charge in [-0.1, -0.05) is 28.7 Å². The first-order valence-electron chi connectivity index (χ1n) is 4.69. The Bertz CT molecular complexity index is 542. The smallest absolute Gasteiger partial charge is 0.406 e.